The van der Waals surface area contributed by atoms with Crippen molar-refractivity contribution in [3.05, 3.63) is 0 Å². The molecule has 22 heavy (non-hydrogen) atoms. The van der Waals surface area contributed by atoms with Crippen molar-refractivity contribution in [2.24, 2.45) is 16.7 Å². The Kier molecular flexibility index (Phi) is 6.40. The molecule has 0 spiro atoms. The monoisotopic (exact) mass is 338 g/mol. The highest BCUT2D eigenvalue weighted by Gasteiger charge is 2.60. The molecular weight excluding hydrogens is 314 g/mol. The Balaban J connectivity index is 5.46. The molecule has 0 aliphatic carbocycles. The summed E-state index contributed by atoms with van der Waals surface area (Å²) in [4.78, 5) is 0. The van der Waals surface area contributed by atoms with Gasteiger partial charge in [0, 0.05) is 5.41 Å². The lowest BCUT2D eigenvalue weighted by atomic mass is 9.68. The molecule has 0 aromatic rings. The van der Waals surface area contributed by atoms with Crippen molar-refractivity contribution < 1.29 is 36.2 Å². The van der Waals surface area contributed by atoms with Gasteiger partial charge in [0.2, 0.25) is 0 Å². The van der Waals surface area contributed by atoms with Crippen LogP contribution in [0.3, 0.4) is 0 Å². The molecular formula is C14H24F6O2. The normalized spacial score (nSPS) is 18.7. The van der Waals surface area contributed by atoms with E-state index >= 15 is 0 Å². The fraction of sp³-hybridized carbons (Fsp3) is 1.00. The quantitative estimate of drug-likeness (QED) is 0.570. The molecule has 0 rings (SSSR count). The summed E-state index contributed by atoms with van der Waals surface area (Å²) in [6.07, 6.45) is -17.3. The van der Waals surface area contributed by atoms with Crippen LogP contribution in [-0.2, 0) is 4.74 Å². The molecule has 0 fully saturated rings. The molecule has 0 aromatic heterocycles. The second-order valence-electron chi connectivity index (χ2n) is 7.35. The number of hydrogen-bond donors (Lipinski definition) is 1. The van der Waals surface area contributed by atoms with E-state index in [9.17, 15) is 31.4 Å². The molecule has 0 radical (unpaired) electrons. The Morgan fingerprint density at radius 1 is 0.864 bits per heavy atom. The van der Waals surface area contributed by atoms with Crippen LogP contribution in [0.2, 0.25) is 0 Å². The number of aliphatic hydroxyl groups is 1. The zero-order valence-corrected chi connectivity index (χ0v) is 13.6. The minimum absolute atomic E-state index is 0.196. The molecule has 0 aliphatic rings. The van der Waals surface area contributed by atoms with Gasteiger partial charge in [0.15, 0.2) is 6.29 Å². The van der Waals surface area contributed by atoms with Crippen LogP contribution in [0.4, 0.5) is 26.3 Å². The third-order valence-corrected chi connectivity index (χ3v) is 3.65. The second-order valence-corrected chi connectivity index (χ2v) is 7.35. The van der Waals surface area contributed by atoms with Crippen molar-refractivity contribution in [1.82, 2.24) is 0 Å². The number of ether oxygens (including phenoxy) is 1. The van der Waals surface area contributed by atoms with E-state index in [-0.39, 0.29) is 12.3 Å². The molecule has 0 bridgehead atoms. The van der Waals surface area contributed by atoms with Crippen LogP contribution in [0.5, 0.6) is 0 Å². The smallest absolute Gasteiger partial charge is 0.367 e. The van der Waals surface area contributed by atoms with Crippen molar-refractivity contribution in [2.75, 3.05) is 0 Å². The average Bonchev–Trinajstić information content (AvgIpc) is 2.19. The van der Waals surface area contributed by atoms with Crippen molar-refractivity contribution in [3.63, 3.8) is 0 Å². The van der Waals surface area contributed by atoms with Crippen LogP contribution in [0.1, 0.15) is 48.0 Å². The lowest BCUT2D eigenvalue weighted by Crippen LogP contribution is -2.51. The van der Waals surface area contributed by atoms with Crippen LogP contribution < -0.4 is 0 Å². The first-order valence-electron chi connectivity index (χ1n) is 6.88. The maximum absolute atomic E-state index is 12.5. The van der Waals surface area contributed by atoms with Gasteiger partial charge in [-0.15, -0.1) is 0 Å². The molecule has 134 valence electrons. The van der Waals surface area contributed by atoms with Gasteiger partial charge in [0.1, 0.15) is 0 Å². The van der Waals surface area contributed by atoms with Gasteiger partial charge in [-0.1, -0.05) is 41.5 Å². The zero-order chi connectivity index (χ0) is 18.1. The molecule has 0 heterocycles. The Morgan fingerprint density at radius 3 is 1.45 bits per heavy atom. The summed E-state index contributed by atoms with van der Waals surface area (Å²) in [6, 6.07) is 0. The zero-order valence-electron chi connectivity index (χ0n) is 13.6. The van der Waals surface area contributed by atoms with Crippen molar-refractivity contribution in [2.45, 2.75) is 72.7 Å². The SMILES string of the molecule is CC(C)C(C)(CC(C)(C)C)C(O)OC(C(F)(F)F)C(F)(F)F. The summed E-state index contributed by atoms with van der Waals surface area (Å²) in [5.74, 6) is -0.385. The van der Waals surface area contributed by atoms with Crippen LogP contribution in [0.25, 0.3) is 0 Å². The minimum Gasteiger partial charge on any atom is -0.367 e. The van der Waals surface area contributed by atoms with Gasteiger partial charge in [0.25, 0.3) is 6.10 Å². The molecule has 0 aliphatic heterocycles. The van der Waals surface area contributed by atoms with Gasteiger partial charge < -0.3 is 9.84 Å². The second kappa shape index (κ2) is 6.55. The third kappa shape index (κ3) is 5.95. The molecule has 1 N–H and O–H groups in total. The van der Waals surface area contributed by atoms with Gasteiger partial charge in [0.05, 0.1) is 0 Å². The maximum atomic E-state index is 12.5. The fourth-order valence-electron chi connectivity index (χ4n) is 2.34. The van der Waals surface area contributed by atoms with Crippen LogP contribution >= 0.6 is 0 Å². The Bertz CT molecular complexity index is 342. The van der Waals surface area contributed by atoms with Gasteiger partial charge in [-0.05, 0) is 17.8 Å². The van der Waals surface area contributed by atoms with Crippen molar-refractivity contribution >= 4 is 0 Å². The highest BCUT2D eigenvalue weighted by atomic mass is 19.4. The van der Waals surface area contributed by atoms with Gasteiger partial charge in [-0.2, -0.15) is 26.3 Å². The van der Waals surface area contributed by atoms with Crippen molar-refractivity contribution in [1.29, 1.82) is 0 Å². The summed E-state index contributed by atoms with van der Waals surface area (Å²) >= 11 is 0. The van der Waals surface area contributed by atoms with E-state index in [0.29, 0.717) is 0 Å². The lowest BCUT2D eigenvalue weighted by molar-refractivity contribution is -0.364. The molecule has 2 atom stereocenters. The van der Waals surface area contributed by atoms with Crippen LogP contribution in [0.15, 0.2) is 0 Å². The predicted molar refractivity (Wildman–Crippen MR) is 70.0 cm³/mol. The van der Waals surface area contributed by atoms with E-state index in [0.717, 1.165) is 0 Å². The number of rotatable bonds is 5. The number of alkyl halides is 6. The molecule has 0 aromatic carbocycles. The standard InChI is InChI=1S/C14H24F6O2/c1-8(2)12(6,7-11(3,4)5)10(21)22-9(13(15,16)17)14(18,19)20/h8-10,21H,7H2,1-6H3. The molecule has 0 saturated heterocycles. The predicted octanol–water partition coefficient (Wildman–Crippen LogP) is 4.91. The van der Waals surface area contributed by atoms with Crippen LogP contribution in [0, 0.1) is 16.7 Å². The molecule has 2 nitrogen and oxygen atoms in total. The summed E-state index contributed by atoms with van der Waals surface area (Å²) in [5.41, 5.74) is -1.66. The van der Waals surface area contributed by atoms with E-state index in [4.69, 9.17) is 0 Å². The lowest BCUT2D eigenvalue weighted by Gasteiger charge is -2.43. The minimum atomic E-state index is -5.64. The molecule has 8 heteroatoms. The summed E-state index contributed by atoms with van der Waals surface area (Å²) < 4.78 is 79.3. The highest BCUT2D eigenvalue weighted by Crippen LogP contribution is 2.45. The molecule has 0 amide bonds. The molecule has 2 unspecified atom stereocenters. The van der Waals surface area contributed by atoms with Gasteiger partial charge in [-0.25, -0.2) is 0 Å². The Morgan fingerprint density at radius 2 is 1.23 bits per heavy atom. The highest BCUT2D eigenvalue weighted by molar-refractivity contribution is 4.87. The first kappa shape index (κ1) is 21.5. The number of halogens is 6. The van der Waals surface area contributed by atoms with Crippen LogP contribution in [-0.4, -0.2) is 29.9 Å². The number of aliphatic hydroxyl groups excluding tert-OH is 1. The summed E-state index contributed by atoms with van der Waals surface area (Å²) in [5, 5.41) is 9.98. The Hall–Kier alpha value is -0.500. The van der Waals surface area contributed by atoms with Crippen molar-refractivity contribution in [3.8, 4) is 0 Å². The van der Waals surface area contributed by atoms with E-state index in [1.165, 1.54) is 6.92 Å². The molecule has 0 saturated carbocycles. The largest absolute Gasteiger partial charge is 0.423 e. The van der Waals surface area contributed by atoms with Gasteiger partial charge >= 0.3 is 12.4 Å². The maximum Gasteiger partial charge on any atom is 0.423 e. The van der Waals surface area contributed by atoms with E-state index in [1.54, 1.807) is 34.6 Å². The average molecular weight is 338 g/mol. The summed E-state index contributed by atoms with van der Waals surface area (Å²) in [7, 11) is 0. The topological polar surface area (TPSA) is 29.5 Å². The fourth-order valence-corrected chi connectivity index (χ4v) is 2.34. The third-order valence-electron chi connectivity index (χ3n) is 3.65. The first-order chi connectivity index (χ1) is 9.41. The van der Waals surface area contributed by atoms with E-state index in [1.807, 2.05) is 0 Å². The summed E-state index contributed by atoms with van der Waals surface area (Å²) in [6.45, 7) is 10.0. The van der Waals surface area contributed by atoms with Gasteiger partial charge in [-0.3, -0.25) is 0 Å². The first-order valence-corrected chi connectivity index (χ1v) is 6.88. The van der Waals surface area contributed by atoms with E-state index < -0.39 is 35.6 Å². The Labute approximate surface area is 126 Å². The van der Waals surface area contributed by atoms with E-state index in [2.05, 4.69) is 4.74 Å². The number of hydrogen-bond acceptors (Lipinski definition) is 2.